The number of aliphatic carboxylic acids is 1. The minimum absolute atomic E-state index is 0.199. The quantitative estimate of drug-likeness (QED) is 0.292. The normalized spacial score (nSPS) is 20.0. The minimum atomic E-state index is -1.00. The minimum Gasteiger partial charge on any atom is -0.480 e. The van der Waals surface area contributed by atoms with E-state index in [1.54, 1.807) is 44.3 Å². The van der Waals surface area contributed by atoms with Crippen LogP contribution in [0.4, 0.5) is 4.79 Å². The van der Waals surface area contributed by atoms with Gasteiger partial charge in [0.05, 0.1) is 0 Å². The van der Waals surface area contributed by atoms with Crippen LogP contribution in [0.15, 0.2) is 0 Å². The Morgan fingerprint density at radius 2 is 1.50 bits per heavy atom. The fourth-order valence-corrected chi connectivity index (χ4v) is 4.68. The second kappa shape index (κ2) is 15.4. The van der Waals surface area contributed by atoms with Gasteiger partial charge in [-0.25, -0.2) is 9.59 Å². The van der Waals surface area contributed by atoms with Crippen molar-refractivity contribution in [1.29, 1.82) is 0 Å². The van der Waals surface area contributed by atoms with Crippen LogP contribution in [0, 0.1) is 11.8 Å². The van der Waals surface area contributed by atoms with E-state index in [0.29, 0.717) is 38.0 Å². The zero-order valence-electron chi connectivity index (χ0n) is 21.0. The van der Waals surface area contributed by atoms with E-state index in [1.807, 2.05) is 12.5 Å². The number of ether oxygens (including phenoxy) is 1. The van der Waals surface area contributed by atoms with E-state index in [0.717, 1.165) is 18.6 Å². The second-order valence-electron chi connectivity index (χ2n) is 9.62. The summed E-state index contributed by atoms with van der Waals surface area (Å²) < 4.78 is 5.28. The van der Waals surface area contributed by atoms with Crippen molar-refractivity contribution < 1.29 is 29.0 Å². The molecule has 4 N–H and O–H groups in total. The van der Waals surface area contributed by atoms with E-state index < -0.39 is 29.7 Å². The highest BCUT2D eigenvalue weighted by Gasteiger charge is 2.30. The molecule has 0 aliphatic heterocycles. The van der Waals surface area contributed by atoms with Crippen LogP contribution < -0.4 is 16.0 Å². The van der Waals surface area contributed by atoms with Gasteiger partial charge in [-0.3, -0.25) is 9.59 Å². The number of carbonyl (C=O) groups is 4. The van der Waals surface area contributed by atoms with Gasteiger partial charge < -0.3 is 25.8 Å². The van der Waals surface area contributed by atoms with Gasteiger partial charge in [-0.05, 0) is 89.2 Å². The lowest BCUT2D eigenvalue weighted by molar-refractivity contribution is -0.142. The first-order chi connectivity index (χ1) is 16.0. The summed E-state index contributed by atoms with van der Waals surface area (Å²) in [6.45, 7) is 5.79. The Morgan fingerprint density at radius 1 is 0.941 bits per heavy atom. The average Bonchev–Trinajstić information content (AvgIpc) is 2.76. The molecule has 34 heavy (non-hydrogen) atoms. The summed E-state index contributed by atoms with van der Waals surface area (Å²) in [6.07, 6.45) is 7.00. The largest absolute Gasteiger partial charge is 0.480 e. The van der Waals surface area contributed by atoms with Gasteiger partial charge in [0.1, 0.15) is 17.7 Å². The molecule has 0 aromatic carbocycles. The van der Waals surface area contributed by atoms with Gasteiger partial charge in [-0.1, -0.05) is 0 Å². The number of alkyl carbamates (subject to hydrolysis) is 1. The maximum Gasteiger partial charge on any atom is 0.408 e. The molecule has 1 rings (SSSR count). The molecule has 2 atom stereocenters. The molecule has 1 aliphatic carbocycles. The van der Waals surface area contributed by atoms with Crippen LogP contribution in [-0.2, 0) is 19.1 Å². The number of rotatable bonds is 13. The smallest absolute Gasteiger partial charge is 0.408 e. The molecule has 0 aromatic heterocycles. The highest BCUT2D eigenvalue weighted by molar-refractivity contribution is 7.98. The third kappa shape index (κ3) is 12.2. The lowest BCUT2D eigenvalue weighted by atomic mass is 9.81. The third-order valence-electron chi connectivity index (χ3n) is 5.63. The van der Waals surface area contributed by atoms with Gasteiger partial charge in [-0.15, -0.1) is 0 Å². The molecular weight excluding hydrogens is 478 g/mol. The predicted molar refractivity (Wildman–Crippen MR) is 137 cm³/mol. The number of amides is 3. The molecule has 0 unspecified atom stereocenters. The van der Waals surface area contributed by atoms with Crippen molar-refractivity contribution in [2.45, 2.75) is 77.0 Å². The molecular formula is C23H41N3O6S2. The van der Waals surface area contributed by atoms with Crippen molar-refractivity contribution in [1.82, 2.24) is 16.0 Å². The third-order valence-corrected chi connectivity index (χ3v) is 6.91. The van der Waals surface area contributed by atoms with Crippen LogP contribution in [-0.4, -0.2) is 77.2 Å². The Kier molecular flexibility index (Phi) is 13.8. The molecule has 0 saturated heterocycles. The Bertz CT molecular complexity index is 678. The predicted octanol–water partition coefficient (Wildman–Crippen LogP) is 2.88. The lowest BCUT2D eigenvalue weighted by Gasteiger charge is -2.29. The number of carbonyl (C=O) groups excluding carboxylic acids is 3. The highest BCUT2D eigenvalue weighted by atomic mass is 32.2. The summed E-state index contributed by atoms with van der Waals surface area (Å²) in [4.78, 5) is 48.8. The fraction of sp³-hybridized carbons (Fsp3) is 0.826. The van der Waals surface area contributed by atoms with Gasteiger partial charge >= 0.3 is 12.1 Å². The van der Waals surface area contributed by atoms with E-state index in [2.05, 4.69) is 16.0 Å². The van der Waals surface area contributed by atoms with E-state index in [-0.39, 0.29) is 23.7 Å². The van der Waals surface area contributed by atoms with Gasteiger partial charge in [-0.2, -0.15) is 23.5 Å². The fourth-order valence-electron chi connectivity index (χ4n) is 3.73. The molecule has 1 aliphatic rings. The number of carboxylic acids is 1. The Hall–Kier alpha value is -1.62. The van der Waals surface area contributed by atoms with Crippen molar-refractivity contribution in [2.24, 2.45) is 11.8 Å². The maximum atomic E-state index is 12.7. The average molecular weight is 520 g/mol. The van der Waals surface area contributed by atoms with Crippen LogP contribution in [0.25, 0.3) is 0 Å². The molecule has 0 heterocycles. The molecule has 0 radical (unpaired) electrons. The molecule has 9 nitrogen and oxygen atoms in total. The van der Waals surface area contributed by atoms with Crippen molar-refractivity contribution in [3.05, 3.63) is 0 Å². The number of carboxylic acid groups (broad SMARTS) is 1. The highest BCUT2D eigenvalue weighted by Crippen LogP contribution is 2.28. The topological polar surface area (TPSA) is 134 Å². The number of nitrogens with one attached hydrogen (secondary N) is 3. The van der Waals surface area contributed by atoms with Crippen LogP contribution in [0.1, 0.15) is 59.3 Å². The van der Waals surface area contributed by atoms with Gasteiger partial charge in [0.2, 0.25) is 11.8 Å². The van der Waals surface area contributed by atoms with Crippen LogP contribution in [0.3, 0.4) is 0 Å². The molecule has 0 spiro atoms. The van der Waals surface area contributed by atoms with E-state index in [9.17, 15) is 24.3 Å². The maximum absolute atomic E-state index is 12.7. The molecule has 1 saturated carbocycles. The molecule has 0 bridgehead atoms. The first kappa shape index (κ1) is 30.4. The van der Waals surface area contributed by atoms with Crippen LogP contribution in [0.2, 0.25) is 0 Å². The number of hydrogen-bond acceptors (Lipinski definition) is 7. The number of thioether (sulfide) groups is 2. The molecule has 0 aromatic rings. The zero-order chi connectivity index (χ0) is 25.7. The molecule has 3 amide bonds. The van der Waals surface area contributed by atoms with E-state index in [1.165, 1.54) is 0 Å². The summed E-state index contributed by atoms with van der Waals surface area (Å²) in [5.74, 6) is -0.0108. The van der Waals surface area contributed by atoms with Gasteiger partial charge in [0, 0.05) is 12.5 Å². The van der Waals surface area contributed by atoms with Crippen molar-refractivity contribution >= 4 is 47.4 Å². The standard InChI is InChI=1S/C23H41N3O6S2/c1-23(2,3)32-22(31)26-17(10-12-33-4)20(28)24-14-15-6-8-16(9-7-15)19(27)25-18(21(29)30)11-13-34-5/h15-18H,6-14H2,1-5H3,(H,24,28)(H,25,27)(H,26,31)(H,29,30)/t15?,16?,17-,18+/m0/s1. The van der Waals surface area contributed by atoms with Crippen LogP contribution >= 0.6 is 23.5 Å². The molecule has 1 fully saturated rings. The summed E-state index contributed by atoms with van der Waals surface area (Å²) >= 11 is 3.15. The van der Waals surface area contributed by atoms with E-state index >= 15 is 0 Å². The van der Waals surface area contributed by atoms with Crippen molar-refractivity contribution in [3.8, 4) is 0 Å². The molecule has 11 heteroatoms. The monoisotopic (exact) mass is 519 g/mol. The Labute approximate surface area is 211 Å². The van der Waals surface area contributed by atoms with Crippen LogP contribution in [0.5, 0.6) is 0 Å². The number of hydrogen-bond donors (Lipinski definition) is 4. The summed E-state index contributed by atoms with van der Waals surface area (Å²) in [6, 6.07) is -1.52. The van der Waals surface area contributed by atoms with Crippen molar-refractivity contribution in [3.63, 3.8) is 0 Å². The van der Waals surface area contributed by atoms with Crippen molar-refractivity contribution in [2.75, 3.05) is 30.6 Å². The van der Waals surface area contributed by atoms with Gasteiger partial charge in [0.15, 0.2) is 0 Å². The zero-order valence-corrected chi connectivity index (χ0v) is 22.6. The summed E-state index contributed by atoms with van der Waals surface area (Å²) in [5, 5.41) is 17.6. The lowest BCUT2D eigenvalue weighted by Crippen LogP contribution is -2.49. The SMILES string of the molecule is CSCC[C@H](NC(=O)OC(C)(C)C)C(=O)NCC1CCC(C(=O)N[C@H](CCSC)C(=O)O)CC1. The summed E-state index contributed by atoms with van der Waals surface area (Å²) in [7, 11) is 0. The Balaban J connectivity index is 2.49. The first-order valence-corrected chi connectivity index (χ1v) is 14.5. The van der Waals surface area contributed by atoms with Gasteiger partial charge in [0.25, 0.3) is 0 Å². The van der Waals surface area contributed by atoms with E-state index in [4.69, 9.17) is 4.74 Å². The second-order valence-corrected chi connectivity index (χ2v) is 11.6. The molecule has 196 valence electrons. The summed E-state index contributed by atoms with van der Waals surface area (Å²) in [5.41, 5.74) is -0.644. The Morgan fingerprint density at radius 3 is 2.00 bits per heavy atom. The first-order valence-electron chi connectivity index (χ1n) is 11.7.